The van der Waals surface area contributed by atoms with E-state index in [1.807, 2.05) is 20.2 Å². The highest BCUT2D eigenvalue weighted by Gasteiger charge is 2.64. The molecule has 1 saturated heterocycles. The Hall–Kier alpha value is -1.18. The molecule has 0 aromatic heterocycles. The number of likely N-dealkylation sites (N-methyl/N-ethyl adjacent to an activating group) is 1. The molecule has 1 heterocycles. The third-order valence-corrected chi connectivity index (χ3v) is 10.5. The molecule has 0 aliphatic carbocycles. The Bertz CT molecular complexity index is 595. The minimum absolute atomic E-state index is 0.228. The van der Waals surface area contributed by atoms with Gasteiger partial charge in [0.05, 0.1) is 6.04 Å². The lowest BCUT2D eigenvalue weighted by atomic mass is 9.97. The van der Waals surface area contributed by atoms with Gasteiger partial charge in [-0.25, -0.2) is 0 Å². The number of ether oxygens (including phenoxy) is 1. The minimum atomic E-state index is -2.52. The van der Waals surface area contributed by atoms with E-state index in [9.17, 15) is 0 Å². The van der Waals surface area contributed by atoms with Gasteiger partial charge in [-0.2, -0.15) is 0 Å². The van der Waals surface area contributed by atoms with Crippen molar-refractivity contribution in [3.63, 3.8) is 0 Å². The number of hydrogen-bond donors (Lipinski definition) is 1. The number of methoxy groups -OCH3 is 1. The minimum Gasteiger partial charge on any atom is -0.396 e. The zero-order valence-electron chi connectivity index (χ0n) is 18.2. The van der Waals surface area contributed by atoms with E-state index >= 15 is 0 Å². The smallest absolute Gasteiger partial charge is 0.372 e. The van der Waals surface area contributed by atoms with Crippen molar-refractivity contribution in [2.45, 2.75) is 49.9 Å². The number of benzene rings is 1. The van der Waals surface area contributed by atoms with Crippen molar-refractivity contribution in [2.75, 3.05) is 41.5 Å². The lowest BCUT2D eigenvalue weighted by Gasteiger charge is -2.55. The average Bonchev–Trinajstić information content (AvgIpc) is 2.75. The summed E-state index contributed by atoms with van der Waals surface area (Å²) in [5.41, 5.74) is 1.20. The molecular weight excluding hydrogens is 368 g/mol. The second-order valence-corrected chi connectivity index (χ2v) is 11.1. The predicted molar refractivity (Wildman–Crippen MR) is 118 cm³/mol. The lowest BCUT2D eigenvalue weighted by Crippen LogP contribution is -2.73. The molecule has 158 valence electrons. The van der Waals surface area contributed by atoms with Crippen LogP contribution in [-0.2, 0) is 13.6 Å². The van der Waals surface area contributed by atoms with E-state index in [4.69, 9.17) is 13.6 Å². The molecule has 0 amide bonds. The van der Waals surface area contributed by atoms with Crippen molar-refractivity contribution < 1.29 is 13.6 Å². The highest BCUT2D eigenvalue weighted by molar-refractivity contribution is 6.71. The van der Waals surface area contributed by atoms with E-state index in [-0.39, 0.29) is 6.04 Å². The summed E-state index contributed by atoms with van der Waals surface area (Å²) >= 11 is 0. The van der Waals surface area contributed by atoms with Crippen molar-refractivity contribution in [3.05, 3.63) is 42.1 Å². The van der Waals surface area contributed by atoms with E-state index in [1.165, 1.54) is 5.56 Å². The van der Waals surface area contributed by atoms with Gasteiger partial charge >= 0.3 is 8.56 Å². The normalized spacial score (nSPS) is 24.5. The fraction of sp³-hybridized carbons (Fsp3) is 0.636. The van der Waals surface area contributed by atoms with Gasteiger partial charge in [0.25, 0.3) is 0 Å². The van der Waals surface area contributed by atoms with Crippen LogP contribution in [0.3, 0.4) is 0 Å². The summed E-state index contributed by atoms with van der Waals surface area (Å²) in [7, 11) is 4.92. The zero-order valence-corrected chi connectivity index (χ0v) is 19.2. The Labute approximate surface area is 172 Å². The van der Waals surface area contributed by atoms with Crippen LogP contribution in [0.1, 0.15) is 38.2 Å². The van der Waals surface area contributed by atoms with E-state index < -0.39 is 13.8 Å². The highest BCUT2D eigenvalue weighted by atomic mass is 28.4. The van der Waals surface area contributed by atoms with Gasteiger partial charge in [0, 0.05) is 40.6 Å². The van der Waals surface area contributed by atoms with Gasteiger partial charge in [0.2, 0.25) is 0 Å². The van der Waals surface area contributed by atoms with Crippen LogP contribution in [0, 0.1) is 0 Å². The average molecular weight is 407 g/mol. The van der Waals surface area contributed by atoms with Crippen LogP contribution in [0.2, 0.25) is 6.04 Å². The molecule has 5 nitrogen and oxygen atoms in total. The summed E-state index contributed by atoms with van der Waals surface area (Å²) in [5, 5.41) is 2.90. The summed E-state index contributed by atoms with van der Waals surface area (Å²) in [6.45, 7) is 4.04. The monoisotopic (exact) mass is 406 g/mol. The Kier molecular flexibility index (Phi) is 9.17. The summed E-state index contributed by atoms with van der Waals surface area (Å²) in [5.74, 6) is 0. The van der Waals surface area contributed by atoms with E-state index in [0.29, 0.717) is 0 Å². The molecule has 0 spiro atoms. The molecule has 2 rings (SSSR count). The van der Waals surface area contributed by atoms with Gasteiger partial charge in [0.15, 0.2) is 0 Å². The maximum atomic E-state index is 6.36. The molecule has 28 heavy (non-hydrogen) atoms. The van der Waals surface area contributed by atoms with Gasteiger partial charge in [-0.15, -0.1) is 0 Å². The number of nitrogens with one attached hydrogen (secondary N) is 1. The van der Waals surface area contributed by atoms with Crippen LogP contribution in [0.5, 0.6) is 0 Å². The number of rotatable bonds is 11. The lowest BCUT2D eigenvalue weighted by molar-refractivity contribution is -0.0629. The molecule has 1 N–H and O–H groups in total. The fourth-order valence-electron chi connectivity index (χ4n) is 4.74. The Morgan fingerprint density at radius 2 is 1.93 bits per heavy atom. The van der Waals surface area contributed by atoms with E-state index in [1.54, 1.807) is 14.2 Å². The van der Waals surface area contributed by atoms with E-state index in [0.717, 1.165) is 44.8 Å². The maximum Gasteiger partial charge on any atom is 0.372 e. The molecule has 1 aromatic carbocycles. The van der Waals surface area contributed by atoms with Gasteiger partial charge in [-0.3, -0.25) is 0 Å². The van der Waals surface area contributed by atoms with Crippen LogP contribution in [-0.4, -0.2) is 66.2 Å². The number of hydrogen-bond acceptors (Lipinski definition) is 5. The molecule has 0 radical (unpaired) electrons. The first kappa shape index (κ1) is 23.1. The summed E-state index contributed by atoms with van der Waals surface area (Å²) in [6, 6.07) is 11.7. The van der Waals surface area contributed by atoms with Crippen molar-refractivity contribution in [2.24, 2.45) is 0 Å². The number of nitrogens with zero attached hydrogens (tertiary/aromatic N) is 1. The summed E-state index contributed by atoms with van der Waals surface area (Å²) in [6.07, 6.45) is 8.59. The standard InChI is InChI=1S/C22H38N2O3Si/c1-6-15-22(25-3)21(13-10-19-28(22,26-4)27-5)24(18-16-23-2)17-14-20-11-8-7-9-12-20/h7-9,11-12,14,17,21,23H,6,10,13,15-16,18-19H2,1-5H3. The molecule has 1 fully saturated rings. The fourth-order valence-corrected chi connectivity index (χ4v) is 8.86. The molecule has 6 heteroatoms. The first-order valence-corrected chi connectivity index (χ1v) is 12.4. The highest BCUT2D eigenvalue weighted by Crippen LogP contribution is 2.45. The van der Waals surface area contributed by atoms with E-state index in [2.05, 4.69) is 53.7 Å². The predicted octanol–water partition coefficient (Wildman–Crippen LogP) is 3.80. The Morgan fingerprint density at radius 1 is 1.21 bits per heavy atom. The van der Waals surface area contributed by atoms with Gasteiger partial charge in [-0.1, -0.05) is 43.7 Å². The third kappa shape index (κ3) is 4.68. The van der Waals surface area contributed by atoms with Crippen LogP contribution >= 0.6 is 0 Å². The van der Waals surface area contributed by atoms with Crippen LogP contribution in [0.4, 0.5) is 0 Å². The van der Waals surface area contributed by atoms with Crippen LogP contribution in [0.25, 0.3) is 6.08 Å². The molecule has 0 saturated carbocycles. The Balaban J connectivity index is 2.43. The molecule has 0 bridgehead atoms. The molecule has 1 aliphatic rings. The molecule has 2 atom stereocenters. The molecule has 1 aliphatic heterocycles. The van der Waals surface area contributed by atoms with Gasteiger partial charge in [0.1, 0.15) is 5.22 Å². The van der Waals surface area contributed by atoms with Crippen LogP contribution < -0.4 is 5.32 Å². The van der Waals surface area contributed by atoms with Crippen molar-refractivity contribution >= 4 is 14.6 Å². The molecule has 1 aromatic rings. The largest absolute Gasteiger partial charge is 0.396 e. The quantitative estimate of drug-likeness (QED) is 0.566. The third-order valence-electron chi connectivity index (χ3n) is 6.09. The zero-order chi connectivity index (χ0) is 20.5. The molecule has 2 unspecified atom stereocenters. The van der Waals surface area contributed by atoms with Gasteiger partial charge in [-0.05, 0) is 44.0 Å². The maximum absolute atomic E-state index is 6.36. The second kappa shape index (κ2) is 11.1. The van der Waals surface area contributed by atoms with Gasteiger partial charge < -0.3 is 23.8 Å². The van der Waals surface area contributed by atoms with Crippen molar-refractivity contribution in [3.8, 4) is 0 Å². The molecular formula is C22H38N2O3Si. The van der Waals surface area contributed by atoms with Crippen LogP contribution in [0.15, 0.2) is 36.5 Å². The summed E-state index contributed by atoms with van der Waals surface area (Å²) in [4.78, 5) is 2.45. The first-order valence-electron chi connectivity index (χ1n) is 10.4. The first-order chi connectivity index (χ1) is 13.6. The topological polar surface area (TPSA) is 43.0 Å². The SMILES string of the molecule is CCCC1(OC)C(N(C=Cc2ccccc2)CCNC)CCC[Si]1(OC)OC. The Morgan fingerprint density at radius 3 is 2.50 bits per heavy atom. The van der Waals surface area contributed by atoms with Crippen molar-refractivity contribution in [1.82, 2.24) is 10.2 Å². The summed E-state index contributed by atoms with van der Waals surface area (Å²) < 4.78 is 18.7. The van der Waals surface area contributed by atoms with Crippen molar-refractivity contribution in [1.29, 1.82) is 0 Å². The second-order valence-electron chi connectivity index (χ2n) is 7.48.